The van der Waals surface area contributed by atoms with E-state index in [0.717, 1.165) is 0 Å². The molecule has 0 aromatic heterocycles. The summed E-state index contributed by atoms with van der Waals surface area (Å²) in [5.74, 6) is -0.645. The van der Waals surface area contributed by atoms with Gasteiger partial charge in [-0.15, -0.1) is 0 Å². The second-order valence-electron chi connectivity index (χ2n) is 5.78. The molecule has 1 aliphatic heterocycles. The number of rotatable bonds is 5. The van der Waals surface area contributed by atoms with E-state index in [9.17, 15) is 25.0 Å². The van der Waals surface area contributed by atoms with Crippen LogP contribution in [0.4, 0.5) is 11.4 Å². The Bertz CT molecular complexity index is 1070. The molecule has 0 radical (unpaired) electrons. The van der Waals surface area contributed by atoms with E-state index in [2.05, 4.69) is 4.99 Å². The van der Waals surface area contributed by atoms with Crippen molar-refractivity contribution in [2.45, 2.75) is 6.92 Å². The number of esters is 1. The predicted molar refractivity (Wildman–Crippen MR) is 98.1 cm³/mol. The molecule has 1 heterocycles. The van der Waals surface area contributed by atoms with Crippen molar-refractivity contribution in [2.24, 2.45) is 4.99 Å². The molecule has 0 bridgehead atoms. The number of hydrogen-bond donors (Lipinski definition) is 0. The monoisotopic (exact) mass is 383 g/mol. The summed E-state index contributed by atoms with van der Waals surface area (Å²) in [6, 6.07) is 8.42. The molecule has 10 heteroatoms. The molecule has 0 aliphatic carbocycles. The van der Waals surface area contributed by atoms with Crippen LogP contribution in [0.25, 0.3) is 6.08 Å². The molecule has 0 atom stereocenters. The first-order valence-corrected chi connectivity index (χ1v) is 7.90. The Balaban J connectivity index is 1.96. The van der Waals surface area contributed by atoms with Crippen LogP contribution in [-0.2, 0) is 9.53 Å². The highest BCUT2D eigenvalue weighted by Crippen LogP contribution is 2.29. The lowest BCUT2D eigenvalue weighted by molar-refractivity contribution is -0.385. The Morgan fingerprint density at radius 3 is 2.39 bits per heavy atom. The number of nitrogens with zero attached hydrogens (tertiary/aromatic N) is 3. The zero-order chi connectivity index (χ0) is 20.4. The molecule has 1 aliphatic rings. The van der Waals surface area contributed by atoms with Gasteiger partial charge in [-0.25, -0.2) is 9.79 Å². The van der Waals surface area contributed by atoms with Crippen molar-refractivity contribution in [1.29, 1.82) is 0 Å². The van der Waals surface area contributed by atoms with E-state index >= 15 is 0 Å². The van der Waals surface area contributed by atoms with Crippen molar-refractivity contribution in [2.75, 3.05) is 7.11 Å². The van der Waals surface area contributed by atoms with E-state index in [-0.39, 0.29) is 28.7 Å². The van der Waals surface area contributed by atoms with Crippen molar-refractivity contribution < 1.29 is 24.1 Å². The van der Waals surface area contributed by atoms with Crippen molar-refractivity contribution in [1.82, 2.24) is 0 Å². The second-order valence-corrected chi connectivity index (χ2v) is 5.78. The van der Waals surface area contributed by atoms with E-state index in [1.54, 1.807) is 6.92 Å². The minimum Gasteiger partial charge on any atom is -0.490 e. The Kier molecular flexibility index (Phi) is 4.86. The summed E-state index contributed by atoms with van der Waals surface area (Å²) in [6.07, 6.45) is 1.35. The Hall–Kier alpha value is -4.08. The van der Waals surface area contributed by atoms with Gasteiger partial charge in [0.05, 0.1) is 17.0 Å². The average molecular weight is 383 g/mol. The van der Waals surface area contributed by atoms with Gasteiger partial charge in [0.1, 0.15) is 0 Å². The number of aliphatic imine (C=N–C) groups is 1. The van der Waals surface area contributed by atoms with E-state index in [0.29, 0.717) is 16.7 Å². The lowest BCUT2D eigenvalue weighted by Crippen LogP contribution is -2.06. The molecule has 2 aromatic rings. The number of carbonyl (C=O) groups is 1. The Morgan fingerprint density at radius 2 is 1.79 bits per heavy atom. The Morgan fingerprint density at radius 1 is 1.07 bits per heavy atom. The third kappa shape index (κ3) is 3.56. The first-order valence-electron chi connectivity index (χ1n) is 7.90. The SMILES string of the molecule is COc1ccc(/C=C2\N=C(c3ccc([N+](=O)[O-])c(C)c3)OC2=O)cc1[N+](=O)[O-]. The van der Waals surface area contributed by atoms with E-state index in [1.165, 1.54) is 49.6 Å². The van der Waals surface area contributed by atoms with Gasteiger partial charge in [-0.3, -0.25) is 20.2 Å². The highest BCUT2D eigenvalue weighted by molar-refractivity contribution is 6.13. The summed E-state index contributed by atoms with van der Waals surface area (Å²) in [4.78, 5) is 37.1. The fourth-order valence-corrected chi connectivity index (χ4v) is 2.62. The molecule has 10 nitrogen and oxygen atoms in total. The topological polar surface area (TPSA) is 134 Å². The molecular weight excluding hydrogens is 370 g/mol. The lowest BCUT2D eigenvalue weighted by atomic mass is 10.1. The molecule has 28 heavy (non-hydrogen) atoms. The predicted octanol–water partition coefficient (Wildman–Crippen LogP) is 3.16. The number of benzene rings is 2. The minimum absolute atomic E-state index is 0.00254. The van der Waals surface area contributed by atoms with Gasteiger partial charge < -0.3 is 9.47 Å². The van der Waals surface area contributed by atoms with Crippen LogP contribution in [0.1, 0.15) is 16.7 Å². The summed E-state index contributed by atoms with van der Waals surface area (Å²) in [5, 5.41) is 22.0. The zero-order valence-electron chi connectivity index (χ0n) is 14.7. The number of methoxy groups -OCH3 is 1. The summed E-state index contributed by atoms with van der Waals surface area (Å²) >= 11 is 0. The number of aryl methyl sites for hydroxylation is 1. The van der Waals surface area contributed by atoms with Gasteiger partial charge in [0, 0.05) is 23.3 Å². The van der Waals surface area contributed by atoms with Crippen LogP contribution < -0.4 is 4.74 Å². The summed E-state index contributed by atoms with van der Waals surface area (Å²) in [6.45, 7) is 1.56. The van der Waals surface area contributed by atoms with E-state index in [4.69, 9.17) is 9.47 Å². The van der Waals surface area contributed by atoms with Gasteiger partial charge in [-0.1, -0.05) is 6.07 Å². The van der Waals surface area contributed by atoms with Crippen molar-refractivity contribution in [3.8, 4) is 5.75 Å². The van der Waals surface area contributed by atoms with Crippen LogP contribution >= 0.6 is 0 Å². The number of ether oxygens (including phenoxy) is 2. The second kappa shape index (κ2) is 7.27. The van der Waals surface area contributed by atoms with Crippen LogP contribution in [0.5, 0.6) is 5.75 Å². The normalized spacial score (nSPS) is 14.6. The van der Waals surface area contributed by atoms with Gasteiger partial charge in [-0.2, -0.15) is 0 Å². The fourth-order valence-electron chi connectivity index (χ4n) is 2.62. The summed E-state index contributed by atoms with van der Waals surface area (Å²) in [7, 11) is 1.32. The fraction of sp³-hybridized carbons (Fsp3) is 0.111. The molecule has 0 spiro atoms. The van der Waals surface area contributed by atoms with E-state index in [1.807, 2.05) is 0 Å². The summed E-state index contributed by atoms with van der Waals surface area (Å²) < 4.78 is 10.1. The van der Waals surface area contributed by atoms with E-state index < -0.39 is 15.8 Å². The molecule has 142 valence electrons. The third-order valence-electron chi connectivity index (χ3n) is 3.96. The van der Waals surface area contributed by atoms with Crippen LogP contribution in [-0.4, -0.2) is 28.8 Å². The summed E-state index contributed by atoms with van der Waals surface area (Å²) in [5.41, 5.74) is 0.799. The van der Waals surface area contributed by atoms with Crippen LogP contribution in [0.15, 0.2) is 47.1 Å². The lowest BCUT2D eigenvalue weighted by Gasteiger charge is -2.02. The third-order valence-corrected chi connectivity index (χ3v) is 3.96. The molecule has 0 unspecified atom stereocenters. The van der Waals surface area contributed by atoms with Crippen molar-refractivity contribution in [3.63, 3.8) is 0 Å². The van der Waals surface area contributed by atoms with Gasteiger partial charge in [0.15, 0.2) is 11.4 Å². The first kappa shape index (κ1) is 18.7. The number of nitro benzene ring substituents is 2. The maximum atomic E-state index is 12.1. The molecule has 3 rings (SSSR count). The van der Waals surface area contributed by atoms with Gasteiger partial charge in [0.25, 0.3) is 5.69 Å². The van der Waals surface area contributed by atoms with Crippen LogP contribution in [0, 0.1) is 27.2 Å². The number of cyclic esters (lactones) is 1. The van der Waals surface area contributed by atoms with Crippen molar-refractivity contribution >= 4 is 29.3 Å². The van der Waals surface area contributed by atoms with Crippen LogP contribution in [0.3, 0.4) is 0 Å². The number of carbonyl (C=O) groups excluding carboxylic acids is 1. The maximum Gasteiger partial charge on any atom is 0.363 e. The number of nitro groups is 2. The van der Waals surface area contributed by atoms with Crippen molar-refractivity contribution in [3.05, 3.63) is 79.0 Å². The Labute approximate surface area is 158 Å². The van der Waals surface area contributed by atoms with Gasteiger partial charge in [0.2, 0.25) is 5.90 Å². The molecule has 2 aromatic carbocycles. The molecule has 0 saturated heterocycles. The zero-order valence-corrected chi connectivity index (χ0v) is 14.7. The highest BCUT2D eigenvalue weighted by Gasteiger charge is 2.26. The maximum absolute atomic E-state index is 12.1. The van der Waals surface area contributed by atoms with Gasteiger partial charge >= 0.3 is 11.7 Å². The molecule has 0 amide bonds. The largest absolute Gasteiger partial charge is 0.490 e. The minimum atomic E-state index is -0.732. The number of hydrogen-bond acceptors (Lipinski definition) is 8. The first-order chi connectivity index (χ1) is 13.3. The quantitative estimate of drug-likeness (QED) is 0.335. The average Bonchev–Trinajstić information content (AvgIpc) is 3.01. The standard InChI is InChI=1S/C18H13N3O7/c1-10-7-12(4-5-14(10)20(23)24)17-19-13(18(22)28-17)8-11-3-6-16(27-2)15(9-11)21(25)26/h3-9H,1-2H3/b13-8-. The smallest absolute Gasteiger partial charge is 0.363 e. The van der Waals surface area contributed by atoms with Gasteiger partial charge in [-0.05, 0) is 36.8 Å². The van der Waals surface area contributed by atoms with Crippen LogP contribution in [0.2, 0.25) is 0 Å². The highest BCUT2D eigenvalue weighted by atomic mass is 16.6. The molecule has 0 fully saturated rings. The molecular formula is C18H13N3O7. The molecule has 0 saturated carbocycles. The molecule has 0 N–H and O–H groups in total.